The van der Waals surface area contributed by atoms with E-state index < -0.39 is 8.32 Å². The highest BCUT2D eigenvalue weighted by molar-refractivity contribution is 6.77. The number of oxazole rings is 1. The van der Waals surface area contributed by atoms with Gasteiger partial charge in [-0.3, -0.25) is 0 Å². The van der Waals surface area contributed by atoms with E-state index in [1.807, 2.05) is 0 Å². The SMILES string of the molecule is C/C(=C\c1coc(C(C)(C)C)n1)CO[Si](C(C)C)(C(C)C)C(C)C. The molecule has 138 valence electrons. The van der Waals surface area contributed by atoms with Gasteiger partial charge in [0.1, 0.15) is 12.0 Å². The van der Waals surface area contributed by atoms with Crippen molar-refractivity contribution in [3.63, 3.8) is 0 Å². The fourth-order valence-corrected chi connectivity index (χ4v) is 9.21. The van der Waals surface area contributed by atoms with Crippen LogP contribution in [-0.2, 0) is 9.84 Å². The van der Waals surface area contributed by atoms with Gasteiger partial charge < -0.3 is 8.84 Å². The fraction of sp³-hybridized carbons (Fsp3) is 0.750. The van der Waals surface area contributed by atoms with E-state index in [0.29, 0.717) is 23.2 Å². The second-order valence-electron chi connectivity index (χ2n) is 8.92. The zero-order chi connectivity index (χ0) is 18.7. The molecule has 0 saturated heterocycles. The lowest BCUT2D eigenvalue weighted by atomic mass is 9.97. The van der Waals surface area contributed by atoms with Gasteiger partial charge in [0.25, 0.3) is 0 Å². The molecule has 0 bridgehead atoms. The van der Waals surface area contributed by atoms with Crippen molar-refractivity contribution >= 4 is 14.4 Å². The first-order valence-electron chi connectivity index (χ1n) is 9.18. The summed E-state index contributed by atoms with van der Waals surface area (Å²) < 4.78 is 12.2. The highest BCUT2D eigenvalue weighted by atomic mass is 28.4. The van der Waals surface area contributed by atoms with Gasteiger partial charge in [-0.15, -0.1) is 0 Å². The highest BCUT2D eigenvalue weighted by Gasteiger charge is 2.44. The minimum atomic E-state index is -1.82. The molecule has 0 radical (unpaired) electrons. The summed E-state index contributed by atoms with van der Waals surface area (Å²) >= 11 is 0. The Morgan fingerprint density at radius 3 is 2.00 bits per heavy atom. The van der Waals surface area contributed by atoms with Crippen LogP contribution in [0.3, 0.4) is 0 Å². The van der Waals surface area contributed by atoms with E-state index in [1.165, 1.54) is 5.57 Å². The third-order valence-electron chi connectivity index (χ3n) is 4.81. The van der Waals surface area contributed by atoms with Crippen LogP contribution in [0.2, 0.25) is 16.6 Å². The fourth-order valence-electron chi connectivity index (χ4n) is 3.73. The summed E-state index contributed by atoms with van der Waals surface area (Å²) in [4.78, 5) is 4.58. The quantitative estimate of drug-likeness (QED) is 0.521. The number of hydrogen-bond donors (Lipinski definition) is 0. The molecule has 1 aromatic heterocycles. The van der Waals surface area contributed by atoms with Gasteiger partial charge in [-0.05, 0) is 35.2 Å². The first-order valence-corrected chi connectivity index (χ1v) is 11.3. The maximum absolute atomic E-state index is 6.63. The molecule has 0 unspecified atom stereocenters. The van der Waals surface area contributed by atoms with Crippen molar-refractivity contribution in [3.8, 4) is 0 Å². The lowest BCUT2D eigenvalue weighted by molar-refractivity contribution is 0.308. The maximum atomic E-state index is 6.63. The van der Waals surface area contributed by atoms with E-state index in [4.69, 9.17) is 8.84 Å². The number of nitrogens with zero attached hydrogens (tertiary/aromatic N) is 1. The van der Waals surface area contributed by atoms with Gasteiger partial charge in [0.15, 0.2) is 5.89 Å². The summed E-state index contributed by atoms with van der Waals surface area (Å²) in [5.41, 5.74) is 3.82. The molecule has 0 amide bonds. The molecule has 0 aliphatic carbocycles. The number of rotatable bonds is 7. The van der Waals surface area contributed by atoms with Crippen molar-refractivity contribution in [1.82, 2.24) is 4.98 Å². The van der Waals surface area contributed by atoms with Crippen LogP contribution in [0.5, 0.6) is 0 Å². The number of aromatic nitrogens is 1. The largest absolute Gasteiger partial charge is 0.448 e. The van der Waals surface area contributed by atoms with Crippen LogP contribution in [0, 0.1) is 0 Å². The van der Waals surface area contributed by atoms with E-state index in [-0.39, 0.29) is 5.41 Å². The Labute approximate surface area is 150 Å². The Bertz CT molecular complexity index is 528. The first kappa shape index (κ1) is 21.2. The predicted molar refractivity (Wildman–Crippen MR) is 106 cm³/mol. The summed E-state index contributed by atoms with van der Waals surface area (Å²) in [6.45, 7) is 23.0. The van der Waals surface area contributed by atoms with E-state index in [0.717, 1.165) is 11.6 Å². The van der Waals surface area contributed by atoms with Gasteiger partial charge in [0.05, 0.1) is 6.61 Å². The van der Waals surface area contributed by atoms with Crippen LogP contribution in [-0.4, -0.2) is 19.9 Å². The van der Waals surface area contributed by atoms with Crippen LogP contribution < -0.4 is 0 Å². The molecule has 0 aliphatic rings. The van der Waals surface area contributed by atoms with Crippen LogP contribution in [0.1, 0.15) is 80.8 Å². The molecule has 3 nitrogen and oxygen atoms in total. The summed E-state index contributed by atoms with van der Waals surface area (Å²) in [5.74, 6) is 0.776. The molecule has 4 heteroatoms. The van der Waals surface area contributed by atoms with Gasteiger partial charge in [0.2, 0.25) is 8.32 Å². The molecule has 0 aliphatic heterocycles. The first-order chi connectivity index (χ1) is 10.9. The van der Waals surface area contributed by atoms with Gasteiger partial charge >= 0.3 is 0 Å². The average molecular weight is 352 g/mol. The summed E-state index contributed by atoms with van der Waals surface area (Å²) in [7, 11) is -1.82. The topological polar surface area (TPSA) is 35.3 Å². The molecule has 0 saturated carbocycles. The lowest BCUT2D eigenvalue weighted by Crippen LogP contribution is -2.48. The molecule has 0 aromatic carbocycles. The third kappa shape index (κ3) is 4.82. The minimum Gasteiger partial charge on any atom is -0.448 e. The zero-order valence-electron chi connectivity index (χ0n) is 17.4. The Morgan fingerprint density at radius 2 is 1.62 bits per heavy atom. The average Bonchev–Trinajstić information content (AvgIpc) is 2.86. The summed E-state index contributed by atoms with van der Waals surface area (Å²) in [5, 5.41) is 0. The smallest absolute Gasteiger partial charge is 0.200 e. The lowest BCUT2D eigenvalue weighted by Gasteiger charge is -2.42. The minimum absolute atomic E-state index is 0.0640. The van der Waals surface area contributed by atoms with Crippen LogP contribution in [0.25, 0.3) is 6.08 Å². The van der Waals surface area contributed by atoms with E-state index >= 15 is 0 Å². The van der Waals surface area contributed by atoms with Gasteiger partial charge in [-0.1, -0.05) is 62.3 Å². The summed E-state index contributed by atoms with van der Waals surface area (Å²) in [6, 6.07) is 0. The Balaban J connectivity index is 2.90. The molecule has 0 fully saturated rings. The third-order valence-corrected chi connectivity index (χ3v) is 10.9. The molecule has 0 atom stereocenters. The standard InChI is InChI=1S/C20H37NO2Si/c1-14(2)24(15(3)4,16(5)6)23-12-17(7)11-18-13-22-19(21-18)20(8,9)10/h11,13-16H,12H2,1-10H3/b17-11+. The second kappa shape index (κ2) is 8.00. The normalized spacial score (nSPS) is 14.3. The molecule has 0 spiro atoms. The van der Waals surface area contributed by atoms with E-state index in [1.54, 1.807) is 6.26 Å². The highest BCUT2D eigenvalue weighted by Crippen LogP contribution is 2.42. The molecule has 24 heavy (non-hydrogen) atoms. The van der Waals surface area contributed by atoms with Crippen molar-refractivity contribution < 1.29 is 8.84 Å². The molecule has 1 heterocycles. The van der Waals surface area contributed by atoms with Crippen molar-refractivity contribution in [2.45, 2.75) is 91.3 Å². The molecular formula is C20H37NO2Si. The zero-order valence-corrected chi connectivity index (χ0v) is 18.4. The Kier molecular flexibility index (Phi) is 7.06. The number of hydrogen-bond acceptors (Lipinski definition) is 3. The molecule has 1 rings (SSSR count). The van der Waals surface area contributed by atoms with E-state index in [9.17, 15) is 0 Å². The van der Waals surface area contributed by atoms with Crippen LogP contribution in [0.4, 0.5) is 0 Å². The van der Waals surface area contributed by atoms with Crippen molar-refractivity contribution in [2.24, 2.45) is 0 Å². The molecular weight excluding hydrogens is 314 g/mol. The van der Waals surface area contributed by atoms with Gasteiger partial charge in [-0.2, -0.15) is 0 Å². The van der Waals surface area contributed by atoms with Gasteiger partial charge in [-0.25, -0.2) is 4.98 Å². The Hall–Kier alpha value is -0.873. The van der Waals surface area contributed by atoms with Crippen molar-refractivity contribution in [3.05, 3.63) is 23.4 Å². The maximum Gasteiger partial charge on any atom is 0.200 e. The molecule has 1 aromatic rings. The Morgan fingerprint density at radius 1 is 1.12 bits per heavy atom. The predicted octanol–water partition coefficient (Wildman–Crippen LogP) is 6.57. The van der Waals surface area contributed by atoms with Crippen LogP contribution in [0.15, 0.2) is 16.3 Å². The van der Waals surface area contributed by atoms with Crippen molar-refractivity contribution in [1.29, 1.82) is 0 Å². The molecule has 0 N–H and O–H groups in total. The van der Waals surface area contributed by atoms with E-state index in [2.05, 4.69) is 80.3 Å². The van der Waals surface area contributed by atoms with Gasteiger partial charge in [0, 0.05) is 5.41 Å². The monoisotopic (exact) mass is 351 g/mol. The second-order valence-corrected chi connectivity index (χ2v) is 14.4. The summed E-state index contributed by atoms with van der Waals surface area (Å²) in [6.07, 6.45) is 3.82. The van der Waals surface area contributed by atoms with Crippen molar-refractivity contribution in [2.75, 3.05) is 6.61 Å². The van der Waals surface area contributed by atoms with Crippen LogP contribution >= 0.6 is 0 Å².